The number of ether oxygens (including phenoxy) is 2. The number of nitrogens with zero attached hydrogens (tertiary/aromatic N) is 1. The van der Waals surface area contributed by atoms with Gasteiger partial charge in [-0.05, 0) is 37.4 Å². The Kier molecular flexibility index (Phi) is 5.25. The topological polar surface area (TPSA) is 56.5 Å². The summed E-state index contributed by atoms with van der Waals surface area (Å²) in [6.07, 6.45) is 9.02. The van der Waals surface area contributed by atoms with Gasteiger partial charge in [-0.25, -0.2) is 0 Å². The Morgan fingerprint density at radius 1 is 1.16 bits per heavy atom. The summed E-state index contributed by atoms with van der Waals surface area (Å²) in [5.74, 6) is 0. The number of fused-ring (bicyclic) bond motifs is 3. The van der Waals surface area contributed by atoms with E-state index in [0.717, 1.165) is 37.2 Å². The minimum absolute atomic E-state index is 0.0333. The molecule has 0 bridgehead atoms. The summed E-state index contributed by atoms with van der Waals surface area (Å²) in [4.78, 5) is 0. The molecule has 1 aromatic carbocycles. The fourth-order valence-corrected chi connectivity index (χ4v) is 3.41. The number of nitrogens with one attached hydrogen (secondary N) is 1. The van der Waals surface area contributed by atoms with Crippen molar-refractivity contribution < 1.29 is 14.0 Å². The zero-order valence-electron chi connectivity index (χ0n) is 14.3. The van der Waals surface area contributed by atoms with E-state index in [-0.39, 0.29) is 18.3 Å². The summed E-state index contributed by atoms with van der Waals surface area (Å²) in [5, 5.41) is 7.47. The van der Waals surface area contributed by atoms with Crippen LogP contribution in [0, 0.1) is 0 Å². The van der Waals surface area contributed by atoms with Crippen molar-refractivity contribution >= 4 is 6.08 Å². The van der Waals surface area contributed by atoms with E-state index in [1.54, 1.807) is 6.26 Å². The Balaban J connectivity index is 1.17. The molecule has 1 aliphatic carbocycles. The molecule has 1 saturated heterocycles. The van der Waals surface area contributed by atoms with Gasteiger partial charge in [0.1, 0.15) is 24.2 Å². The van der Waals surface area contributed by atoms with Crippen LogP contribution in [0.15, 0.2) is 47.2 Å². The number of benzene rings is 1. The van der Waals surface area contributed by atoms with Crippen LogP contribution in [0.25, 0.3) is 6.08 Å². The molecule has 0 spiro atoms. The zero-order chi connectivity index (χ0) is 16.9. The van der Waals surface area contributed by atoms with Gasteiger partial charge in [0, 0.05) is 6.54 Å². The van der Waals surface area contributed by atoms with Gasteiger partial charge < -0.3 is 19.3 Å². The second kappa shape index (κ2) is 7.95. The summed E-state index contributed by atoms with van der Waals surface area (Å²) < 4.78 is 17.2. The fourth-order valence-electron chi connectivity index (χ4n) is 3.41. The third-order valence-corrected chi connectivity index (χ3v) is 4.77. The number of hydrogen-bond donors (Lipinski definition) is 1. The summed E-state index contributed by atoms with van der Waals surface area (Å²) >= 11 is 0. The van der Waals surface area contributed by atoms with Crippen molar-refractivity contribution in [2.24, 2.45) is 0 Å². The van der Waals surface area contributed by atoms with Crippen LogP contribution in [0.4, 0.5) is 0 Å². The van der Waals surface area contributed by atoms with Crippen molar-refractivity contribution in [3.63, 3.8) is 0 Å². The summed E-state index contributed by atoms with van der Waals surface area (Å²) in [7, 11) is 0. The lowest BCUT2D eigenvalue weighted by atomic mass is 9.97. The van der Waals surface area contributed by atoms with Crippen LogP contribution < -0.4 is 5.32 Å². The molecule has 3 unspecified atom stereocenters. The van der Waals surface area contributed by atoms with Gasteiger partial charge in [0.15, 0.2) is 0 Å². The number of aryl methyl sites for hydroxylation is 1. The first kappa shape index (κ1) is 16.5. The molecule has 132 valence electrons. The monoisotopic (exact) mass is 340 g/mol. The maximum Gasteiger partial charge on any atom is 0.130 e. The second-order valence-electron chi connectivity index (χ2n) is 6.64. The van der Waals surface area contributed by atoms with E-state index in [0.29, 0.717) is 6.61 Å². The predicted molar refractivity (Wildman–Crippen MR) is 95.1 cm³/mol. The zero-order valence-corrected chi connectivity index (χ0v) is 14.3. The lowest BCUT2D eigenvalue weighted by Gasteiger charge is -2.36. The minimum Gasteiger partial charge on any atom is -0.368 e. The third-order valence-electron chi connectivity index (χ3n) is 4.77. The van der Waals surface area contributed by atoms with Gasteiger partial charge in [-0.15, -0.1) is 0 Å². The highest BCUT2D eigenvalue weighted by Gasteiger charge is 2.36. The molecule has 1 fully saturated rings. The third kappa shape index (κ3) is 4.00. The van der Waals surface area contributed by atoms with Crippen LogP contribution in [-0.4, -0.2) is 37.1 Å². The molecular weight excluding hydrogens is 316 g/mol. The first-order chi connectivity index (χ1) is 12.4. The molecule has 2 aliphatic rings. The first-order valence-corrected chi connectivity index (χ1v) is 9.04. The van der Waals surface area contributed by atoms with E-state index in [1.807, 2.05) is 12.2 Å². The fraction of sp³-hybridized carbons (Fsp3) is 0.450. The summed E-state index contributed by atoms with van der Waals surface area (Å²) in [5.41, 5.74) is 3.24. The number of hydrogen-bond acceptors (Lipinski definition) is 5. The van der Waals surface area contributed by atoms with Gasteiger partial charge in [-0.2, -0.15) is 0 Å². The van der Waals surface area contributed by atoms with E-state index in [9.17, 15) is 0 Å². The molecule has 5 heteroatoms. The quantitative estimate of drug-likeness (QED) is 0.785. The molecule has 0 radical (unpaired) electrons. The van der Waals surface area contributed by atoms with E-state index in [2.05, 4.69) is 40.8 Å². The molecule has 0 saturated carbocycles. The number of rotatable bonds is 7. The molecule has 25 heavy (non-hydrogen) atoms. The van der Waals surface area contributed by atoms with Crippen molar-refractivity contribution in [1.29, 1.82) is 0 Å². The van der Waals surface area contributed by atoms with Crippen LogP contribution in [0.2, 0.25) is 0 Å². The first-order valence-electron chi connectivity index (χ1n) is 9.04. The minimum atomic E-state index is -0.107. The van der Waals surface area contributed by atoms with E-state index in [1.165, 1.54) is 12.0 Å². The van der Waals surface area contributed by atoms with Gasteiger partial charge in [0.2, 0.25) is 0 Å². The molecule has 1 N–H and O–H groups in total. The Morgan fingerprint density at radius 3 is 3.00 bits per heavy atom. The molecule has 5 nitrogen and oxygen atoms in total. The summed E-state index contributed by atoms with van der Waals surface area (Å²) in [6.45, 7) is 2.42. The standard InChI is InChI=1S/C20H24N2O3/c1-2-6-15(7-3-1)8-4-5-11-21-12-16-13-23-19-10-9-18-17(14-24-22-18)20(19)25-16/h1-3,6-7,9-10,14,16,19-21H,4-5,8,11-13H2. The molecule has 1 aromatic heterocycles. The predicted octanol–water partition coefficient (Wildman–Crippen LogP) is 3.14. The SMILES string of the molecule is C1=CC2OCC(CNCCCCc3ccccc3)OC2c2conc21. The number of aromatic nitrogens is 1. The van der Waals surface area contributed by atoms with E-state index >= 15 is 0 Å². The second-order valence-corrected chi connectivity index (χ2v) is 6.64. The highest BCUT2D eigenvalue weighted by atomic mass is 16.6. The number of unbranched alkanes of at least 4 members (excludes halogenated alkanes) is 1. The highest BCUT2D eigenvalue weighted by molar-refractivity contribution is 5.53. The lowest BCUT2D eigenvalue weighted by molar-refractivity contribution is -0.166. The average Bonchev–Trinajstić information content (AvgIpc) is 3.14. The van der Waals surface area contributed by atoms with E-state index < -0.39 is 0 Å². The Bertz CT molecular complexity index is 698. The van der Waals surface area contributed by atoms with Crippen LogP contribution in [0.3, 0.4) is 0 Å². The smallest absolute Gasteiger partial charge is 0.130 e. The molecule has 0 amide bonds. The molecule has 4 rings (SSSR count). The van der Waals surface area contributed by atoms with Crippen molar-refractivity contribution in [3.05, 3.63) is 59.5 Å². The van der Waals surface area contributed by atoms with Gasteiger partial charge in [-0.3, -0.25) is 0 Å². The van der Waals surface area contributed by atoms with Crippen molar-refractivity contribution in [2.75, 3.05) is 19.7 Å². The lowest BCUT2D eigenvalue weighted by Crippen LogP contribution is -2.43. The van der Waals surface area contributed by atoms with Gasteiger partial charge in [0.25, 0.3) is 0 Å². The van der Waals surface area contributed by atoms with Gasteiger partial charge >= 0.3 is 0 Å². The molecule has 1 aliphatic heterocycles. The molecular formula is C20H24N2O3. The maximum absolute atomic E-state index is 6.21. The van der Waals surface area contributed by atoms with Crippen molar-refractivity contribution in [1.82, 2.24) is 10.5 Å². The molecule has 3 atom stereocenters. The normalized spacial score (nSPS) is 24.7. The molecule has 2 aromatic rings. The largest absolute Gasteiger partial charge is 0.368 e. The highest BCUT2D eigenvalue weighted by Crippen LogP contribution is 2.35. The van der Waals surface area contributed by atoms with Gasteiger partial charge in [0.05, 0.1) is 18.3 Å². The summed E-state index contributed by atoms with van der Waals surface area (Å²) in [6, 6.07) is 10.6. The Labute approximate surface area is 148 Å². The van der Waals surface area contributed by atoms with Crippen molar-refractivity contribution in [2.45, 2.75) is 37.6 Å². The van der Waals surface area contributed by atoms with Crippen LogP contribution >= 0.6 is 0 Å². The maximum atomic E-state index is 6.21. The van der Waals surface area contributed by atoms with Crippen LogP contribution in [0.1, 0.15) is 35.8 Å². The average molecular weight is 340 g/mol. The van der Waals surface area contributed by atoms with E-state index in [4.69, 9.17) is 14.0 Å². The van der Waals surface area contributed by atoms with Crippen molar-refractivity contribution in [3.8, 4) is 0 Å². The van der Waals surface area contributed by atoms with Gasteiger partial charge in [-0.1, -0.05) is 41.6 Å². The van der Waals surface area contributed by atoms with Crippen LogP contribution in [0.5, 0.6) is 0 Å². The Hall–Kier alpha value is -1.95. The Morgan fingerprint density at radius 2 is 2.08 bits per heavy atom. The molecule has 2 heterocycles. The van der Waals surface area contributed by atoms with Crippen LogP contribution in [-0.2, 0) is 15.9 Å².